The summed E-state index contributed by atoms with van der Waals surface area (Å²) < 4.78 is 5.09. The van der Waals surface area contributed by atoms with Crippen LogP contribution in [0.1, 0.15) is 13.8 Å². The van der Waals surface area contributed by atoms with E-state index in [0.29, 0.717) is 12.5 Å². The summed E-state index contributed by atoms with van der Waals surface area (Å²) in [6.45, 7) is 4.94. The third-order valence-electron chi connectivity index (χ3n) is 2.72. The maximum absolute atomic E-state index is 11.8. The van der Waals surface area contributed by atoms with E-state index in [9.17, 15) is 4.79 Å². The second kappa shape index (κ2) is 7.71. The highest BCUT2D eigenvalue weighted by molar-refractivity contribution is 5.80. The summed E-state index contributed by atoms with van der Waals surface area (Å²) >= 11 is 0. The van der Waals surface area contributed by atoms with Gasteiger partial charge in [-0.25, -0.2) is 0 Å². The zero-order chi connectivity index (χ0) is 13.4. The van der Waals surface area contributed by atoms with Gasteiger partial charge >= 0.3 is 0 Å². The third kappa shape index (κ3) is 5.19. The van der Waals surface area contributed by atoms with E-state index >= 15 is 0 Å². The highest BCUT2D eigenvalue weighted by Gasteiger charge is 2.15. The Morgan fingerprint density at radius 3 is 2.50 bits per heavy atom. The molecule has 0 aliphatic carbocycles. The summed E-state index contributed by atoms with van der Waals surface area (Å²) in [6.07, 6.45) is 0. The monoisotopic (exact) mass is 250 g/mol. The van der Waals surface area contributed by atoms with Crippen LogP contribution in [0.5, 0.6) is 0 Å². The Morgan fingerprint density at radius 1 is 1.28 bits per heavy atom. The minimum atomic E-state index is -0.0189. The van der Waals surface area contributed by atoms with Crippen molar-refractivity contribution in [3.8, 4) is 0 Å². The van der Waals surface area contributed by atoms with Gasteiger partial charge in [-0.1, -0.05) is 32.0 Å². The van der Waals surface area contributed by atoms with Crippen molar-refractivity contribution in [3.63, 3.8) is 0 Å². The Bertz CT molecular complexity index is 352. The molecule has 4 nitrogen and oxygen atoms in total. The van der Waals surface area contributed by atoms with Crippen LogP contribution in [0.15, 0.2) is 30.3 Å². The van der Waals surface area contributed by atoms with Gasteiger partial charge in [0, 0.05) is 12.8 Å². The molecule has 1 aromatic carbocycles. The molecule has 2 N–H and O–H groups in total. The average molecular weight is 250 g/mol. The van der Waals surface area contributed by atoms with Crippen molar-refractivity contribution < 1.29 is 9.53 Å². The van der Waals surface area contributed by atoms with Crippen LogP contribution in [0.25, 0.3) is 0 Å². The zero-order valence-corrected chi connectivity index (χ0v) is 11.3. The van der Waals surface area contributed by atoms with Gasteiger partial charge in [-0.05, 0) is 18.1 Å². The van der Waals surface area contributed by atoms with Crippen LogP contribution in [0.4, 0.5) is 5.69 Å². The van der Waals surface area contributed by atoms with Gasteiger partial charge in [-0.15, -0.1) is 0 Å². The van der Waals surface area contributed by atoms with Gasteiger partial charge in [-0.3, -0.25) is 4.79 Å². The van der Waals surface area contributed by atoms with Crippen LogP contribution < -0.4 is 10.6 Å². The fourth-order valence-corrected chi connectivity index (χ4v) is 1.58. The van der Waals surface area contributed by atoms with Crippen molar-refractivity contribution in [1.29, 1.82) is 0 Å². The van der Waals surface area contributed by atoms with Gasteiger partial charge in [0.15, 0.2) is 0 Å². The number of hydrogen-bond donors (Lipinski definition) is 2. The molecule has 0 saturated heterocycles. The first-order valence-corrected chi connectivity index (χ1v) is 6.20. The summed E-state index contributed by atoms with van der Waals surface area (Å²) in [7, 11) is 1.64. The van der Waals surface area contributed by atoms with E-state index in [2.05, 4.69) is 24.5 Å². The van der Waals surface area contributed by atoms with Gasteiger partial charge in [-0.2, -0.15) is 0 Å². The molecule has 1 amide bonds. The Balaban J connectivity index is 2.36. The lowest BCUT2D eigenvalue weighted by atomic mass is 10.1. The number of carbonyl (C=O) groups excluding carboxylic acids is 1. The summed E-state index contributed by atoms with van der Waals surface area (Å²) in [5.41, 5.74) is 0.945. The maximum atomic E-state index is 11.8. The van der Waals surface area contributed by atoms with Gasteiger partial charge in [0.1, 0.15) is 0 Å². The fourth-order valence-electron chi connectivity index (χ4n) is 1.58. The van der Waals surface area contributed by atoms with E-state index in [1.54, 1.807) is 7.11 Å². The number of rotatable bonds is 7. The summed E-state index contributed by atoms with van der Waals surface area (Å²) in [6, 6.07) is 9.73. The Morgan fingerprint density at radius 2 is 1.94 bits per heavy atom. The number of anilines is 1. The van der Waals surface area contributed by atoms with Crippen molar-refractivity contribution in [1.82, 2.24) is 5.32 Å². The number of nitrogens with one attached hydrogen (secondary N) is 2. The van der Waals surface area contributed by atoms with Gasteiger partial charge in [0.25, 0.3) is 0 Å². The fraction of sp³-hybridized carbons (Fsp3) is 0.500. The second-order valence-corrected chi connectivity index (χ2v) is 4.59. The SMILES string of the molecule is COCC(NC(=O)CNc1ccccc1)C(C)C. The Kier molecular flexibility index (Phi) is 6.22. The number of ether oxygens (including phenoxy) is 1. The second-order valence-electron chi connectivity index (χ2n) is 4.59. The van der Waals surface area contributed by atoms with Crippen LogP contribution in [0, 0.1) is 5.92 Å². The molecule has 0 heterocycles. The number of benzene rings is 1. The largest absolute Gasteiger partial charge is 0.383 e. The molecular weight excluding hydrogens is 228 g/mol. The topological polar surface area (TPSA) is 50.4 Å². The Hall–Kier alpha value is -1.55. The minimum Gasteiger partial charge on any atom is -0.383 e. The molecule has 0 aromatic heterocycles. The van der Waals surface area contributed by atoms with Gasteiger partial charge in [0.05, 0.1) is 19.2 Å². The molecule has 0 bridgehead atoms. The van der Waals surface area contributed by atoms with E-state index in [0.717, 1.165) is 5.69 Å². The van der Waals surface area contributed by atoms with Crippen LogP contribution in [0.3, 0.4) is 0 Å². The molecule has 0 fully saturated rings. The van der Waals surface area contributed by atoms with E-state index < -0.39 is 0 Å². The quantitative estimate of drug-likeness (QED) is 0.777. The van der Waals surface area contributed by atoms with E-state index in [-0.39, 0.29) is 18.5 Å². The normalized spacial score (nSPS) is 12.2. The van der Waals surface area contributed by atoms with Crippen LogP contribution in [-0.2, 0) is 9.53 Å². The van der Waals surface area contributed by atoms with Crippen molar-refractivity contribution in [2.24, 2.45) is 5.92 Å². The molecule has 18 heavy (non-hydrogen) atoms. The van der Waals surface area contributed by atoms with Crippen LogP contribution >= 0.6 is 0 Å². The first kappa shape index (κ1) is 14.5. The highest BCUT2D eigenvalue weighted by Crippen LogP contribution is 2.05. The smallest absolute Gasteiger partial charge is 0.239 e. The molecule has 0 aliphatic rings. The summed E-state index contributed by atoms with van der Waals surface area (Å²) in [4.78, 5) is 11.8. The lowest BCUT2D eigenvalue weighted by Crippen LogP contribution is -2.44. The number of hydrogen-bond acceptors (Lipinski definition) is 3. The standard InChI is InChI=1S/C14H22N2O2/c1-11(2)13(10-18-3)16-14(17)9-15-12-7-5-4-6-8-12/h4-8,11,13,15H,9-10H2,1-3H3,(H,16,17). The molecule has 1 rings (SSSR count). The Labute approximate surface area is 109 Å². The molecule has 4 heteroatoms. The molecule has 100 valence electrons. The molecule has 1 aromatic rings. The molecule has 0 radical (unpaired) electrons. The minimum absolute atomic E-state index is 0.0189. The van der Waals surface area contributed by atoms with E-state index in [1.165, 1.54) is 0 Å². The van der Waals surface area contributed by atoms with E-state index in [1.807, 2.05) is 30.3 Å². The van der Waals surface area contributed by atoms with Crippen LogP contribution in [-0.4, -0.2) is 32.2 Å². The molecule has 1 unspecified atom stereocenters. The molecule has 0 spiro atoms. The van der Waals surface area contributed by atoms with Crippen molar-refractivity contribution >= 4 is 11.6 Å². The predicted octanol–water partition coefficient (Wildman–Crippen LogP) is 1.89. The van der Waals surface area contributed by atoms with Crippen LogP contribution in [0.2, 0.25) is 0 Å². The van der Waals surface area contributed by atoms with E-state index in [4.69, 9.17) is 4.74 Å². The lowest BCUT2D eigenvalue weighted by molar-refractivity contribution is -0.120. The highest BCUT2D eigenvalue weighted by atomic mass is 16.5. The van der Waals surface area contributed by atoms with Gasteiger partial charge < -0.3 is 15.4 Å². The average Bonchev–Trinajstić information content (AvgIpc) is 2.37. The zero-order valence-electron chi connectivity index (χ0n) is 11.3. The number of para-hydroxylation sites is 1. The molecule has 0 aliphatic heterocycles. The number of carbonyl (C=O) groups is 1. The molecular formula is C14H22N2O2. The first-order valence-electron chi connectivity index (χ1n) is 6.20. The van der Waals surface area contributed by atoms with Gasteiger partial charge in [0.2, 0.25) is 5.91 Å². The lowest BCUT2D eigenvalue weighted by Gasteiger charge is -2.21. The maximum Gasteiger partial charge on any atom is 0.239 e. The summed E-state index contributed by atoms with van der Waals surface area (Å²) in [5.74, 6) is 0.334. The molecule has 0 saturated carbocycles. The van der Waals surface area contributed by atoms with Crippen molar-refractivity contribution in [3.05, 3.63) is 30.3 Å². The van der Waals surface area contributed by atoms with Crippen molar-refractivity contribution in [2.45, 2.75) is 19.9 Å². The number of methoxy groups -OCH3 is 1. The summed E-state index contributed by atoms with van der Waals surface area (Å²) in [5, 5.41) is 6.04. The van der Waals surface area contributed by atoms with Crippen molar-refractivity contribution in [2.75, 3.05) is 25.6 Å². The third-order valence-corrected chi connectivity index (χ3v) is 2.72. The number of amides is 1. The predicted molar refractivity (Wildman–Crippen MR) is 73.6 cm³/mol. The molecule has 1 atom stereocenters. The first-order chi connectivity index (χ1) is 8.63.